The van der Waals surface area contributed by atoms with Crippen LogP contribution in [-0.4, -0.2) is 15.7 Å². The van der Waals surface area contributed by atoms with Gasteiger partial charge in [0.1, 0.15) is 0 Å². The van der Waals surface area contributed by atoms with Crippen LogP contribution >= 0.6 is 23.2 Å². The standard InChI is InChI=1S/C20H18Cl2N2O2/c1-13-19(16-6-4-3-5-7-16)23-24(20(13)26-14(2)25)11-10-15-8-9-17(21)18(22)12-15/h3-9,12H,10-11H2,1-2H3. The zero-order chi connectivity index (χ0) is 18.7. The van der Waals surface area contributed by atoms with Crippen molar-refractivity contribution in [3.63, 3.8) is 0 Å². The summed E-state index contributed by atoms with van der Waals surface area (Å²) in [6, 6.07) is 15.4. The van der Waals surface area contributed by atoms with Crippen molar-refractivity contribution in [2.75, 3.05) is 0 Å². The average molecular weight is 389 g/mol. The fourth-order valence-electron chi connectivity index (χ4n) is 2.75. The number of carbonyl (C=O) groups excluding carboxylic acids is 1. The molecule has 0 radical (unpaired) electrons. The number of hydrogen-bond acceptors (Lipinski definition) is 3. The maximum Gasteiger partial charge on any atom is 0.309 e. The predicted octanol–water partition coefficient (Wildman–Crippen LogP) is 5.33. The fraction of sp³-hybridized carbons (Fsp3) is 0.200. The van der Waals surface area contributed by atoms with E-state index in [0.29, 0.717) is 28.9 Å². The van der Waals surface area contributed by atoms with Crippen molar-refractivity contribution in [1.82, 2.24) is 9.78 Å². The SMILES string of the molecule is CC(=O)Oc1c(C)c(-c2ccccc2)nn1CCc1ccc(Cl)c(Cl)c1. The Bertz CT molecular complexity index is 936. The van der Waals surface area contributed by atoms with Crippen LogP contribution in [-0.2, 0) is 17.8 Å². The molecule has 0 aliphatic rings. The third-order valence-electron chi connectivity index (χ3n) is 4.02. The molecule has 0 bridgehead atoms. The van der Waals surface area contributed by atoms with Crippen LogP contribution < -0.4 is 4.74 Å². The van der Waals surface area contributed by atoms with Crippen LogP contribution in [0.5, 0.6) is 5.88 Å². The number of benzene rings is 2. The Morgan fingerprint density at radius 2 is 1.85 bits per heavy atom. The van der Waals surface area contributed by atoms with Crippen molar-refractivity contribution < 1.29 is 9.53 Å². The van der Waals surface area contributed by atoms with Gasteiger partial charge in [0.25, 0.3) is 0 Å². The molecule has 3 rings (SSSR count). The summed E-state index contributed by atoms with van der Waals surface area (Å²) in [5.74, 6) is 0.0970. The summed E-state index contributed by atoms with van der Waals surface area (Å²) >= 11 is 12.0. The van der Waals surface area contributed by atoms with Crippen molar-refractivity contribution in [3.05, 3.63) is 69.7 Å². The molecule has 0 N–H and O–H groups in total. The van der Waals surface area contributed by atoms with Crippen molar-refractivity contribution in [2.45, 2.75) is 26.8 Å². The molecule has 0 fully saturated rings. The number of halogens is 2. The molecular weight excluding hydrogens is 371 g/mol. The monoisotopic (exact) mass is 388 g/mol. The summed E-state index contributed by atoms with van der Waals surface area (Å²) in [5, 5.41) is 5.71. The topological polar surface area (TPSA) is 44.1 Å². The zero-order valence-corrected chi connectivity index (χ0v) is 16.0. The maximum absolute atomic E-state index is 11.5. The minimum absolute atomic E-state index is 0.372. The molecule has 4 nitrogen and oxygen atoms in total. The first-order chi connectivity index (χ1) is 12.5. The van der Waals surface area contributed by atoms with Gasteiger partial charge in [-0.25, -0.2) is 4.68 Å². The quantitative estimate of drug-likeness (QED) is 0.554. The van der Waals surface area contributed by atoms with Gasteiger partial charge in [-0.2, -0.15) is 5.10 Å². The average Bonchev–Trinajstić information content (AvgIpc) is 2.92. The van der Waals surface area contributed by atoms with E-state index in [4.69, 9.17) is 27.9 Å². The van der Waals surface area contributed by atoms with Crippen LogP contribution in [0.4, 0.5) is 0 Å². The Morgan fingerprint density at radius 1 is 1.12 bits per heavy atom. The molecular formula is C20H18Cl2N2O2. The highest BCUT2D eigenvalue weighted by atomic mass is 35.5. The molecule has 0 aliphatic heterocycles. The molecule has 0 saturated heterocycles. The van der Waals surface area contributed by atoms with Crippen LogP contribution in [0.3, 0.4) is 0 Å². The number of hydrogen-bond donors (Lipinski definition) is 0. The molecule has 2 aromatic carbocycles. The second kappa shape index (κ2) is 7.94. The molecule has 0 atom stereocenters. The number of nitrogens with zero attached hydrogens (tertiary/aromatic N) is 2. The predicted molar refractivity (Wildman–Crippen MR) is 104 cm³/mol. The first kappa shape index (κ1) is 18.5. The van der Waals surface area contributed by atoms with Crippen molar-refractivity contribution in [3.8, 4) is 17.1 Å². The van der Waals surface area contributed by atoms with Crippen LogP contribution in [0.1, 0.15) is 18.1 Å². The second-order valence-electron chi connectivity index (χ2n) is 5.96. The third-order valence-corrected chi connectivity index (χ3v) is 4.75. The van der Waals surface area contributed by atoms with Gasteiger partial charge in [0.2, 0.25) is 5.88 Å². The van der Waals surface area contributed by atoms with Gasteiger partial charge in [0.15, 0.2) is 0 Å². The smallest absolute Gasteiger partial charge is 0.309 e. The number of carbonyl (C=O) groups is 1. The third kappa shape index (κ3) is 4.09. The van der Waals surface area contributed by atoms with Gasteiger partial charge in [-0.3, -0.25) is 4.79 Å². The highest BCUT2D eigenvalue weighted by Crippen LogP contribution is 2.30. The summed E-state index contributed by atoms with van der Waals surface area (Å²) in [5.41, 5.74) is 3.64. The molecule has 0 saturated carbocycles. The normalized spacial score (nSPS) is 10.8. The Balaban J connectivity index is 1.91. The van der Waals surface area contributed by atoms with Crippen molar-refractivity contribution >= 4 is 29.2 Å². The number of aryl methyl sites for hydroxylation is 2. The molecule has 0 amide bonds. The summed E-state index contributed by atoms with van der Waals surface area (Å²) < 4.78 is 7.15. The number of ether oxygens (including phenoxy) is 1. The van der Waals surface area contributed by atoms with Crippen LogP contribution in [0.2, 0.25) is 10.0 Å². The van der Waals surface area contributed by atoms with E-state index in [-0.39, 0.29) is 5.97 Å². The Labute approximate surface area is 162 Å². The summed E-state index contributed by atoms with van der Waals surface area (Å²) in [7, 11) is 0. The van der Waals surface area contributed by atoms with Gasteiger partial charge in [0.05, 0.1) is 15.7 Å². The van der Waals surface area contributed by atoms with Crippen LogP contribution in [0, 0.1) is 6.92 Å². The van der Waals surface area contributed by atoms with Crippen LogP contribution in [0.15, 0.2) is 48.5 Å². The largest absolute Gasteiger partial charge is 0.408 e. The van der Waals surface area contributed by atoms with E-state index >= 15 is 0 Å². The maximum atomic E-state index is 11.5. The van der Waals surface area contributed by atoms with Gasteiger partial charge in [-0.05, 0) is 31.0 Å². The van der Waals surface area contributed by atoms with Gasteiger partial charge >= 0.3 is 5.97 Å². The lowest BCUT2D eigenvalue weighted by atomic mass is 10.1. The Kier molecular flexibility index (Phi) is 5.64. The molecule has 26 heavy (non-hydrogen) atoms. The lowest BCUT2D eigenvalue weighted by molar-refractivity contribution is -0.132. The first-order valence-electron chi connectivity index (χ1n) is 8.21. The molecule has 6 heteroatoms. The number of esters is 1. The molecule has 0 unspecified atom stereocenters. The Hall–Kier alpha value is -2.30. The van der Waals surface area contributed by atoms with E-state index in [1.165, 1.54) is 6.92 Å². The van der Waals surface area contributed by atoms with E-state index in [2.05, 4.69) is 5.10 Å². The molecule has 1 aromatic heterocycles. The van der Waals surface area contributed by atoms with Gasteiger partial charge < -0.3 is 4.74 Å². The zero-order valence-electron chi connectivity index (χ0n) is 14.5. The highest BCUT2D eigenvalue weighted by molar-refractivity contribution is 6.42. The molecule has 0 aliphatic carbocycles. The van der Waals surface area contributed by atoms with Gasteiger partial charge in [0, 0.05) is 24.6 Å². The van der Waals surface area contributed by atoms with Crippen molar-refractivity contribution in [2.24, 2.45) is 0 Å². The molecule has 1 heterocycles. The van der Waals surface area contributed by atoms with E-state index in [0.717, 1.165) is 22.4 Å². The minimum atomic E-state index is -0.372. The molecule has 3 aromatic rings. The summed E-state index contributed by atoms with van der Waals surface area (Å²) in [6.07, 6.45) is 0.681. The lowest BCUT2D eigenvalue weighted by Crippen LogP contribution is -2.10. The number of rotatable bonds is 5. The second-order valence-corrected chi connectivity index (χ2v) is 6.77. The van der Waals surface area contributed by atoms with E-state index in [1.54, 1.807) is 10.7 Å². The van der Waals surface area contributed by atoms with E-state index in [1.807, 2.05) is 49.4 Å². The van der Waals surface area contributed by atoms with E-state index < -0.39 is 0 Å². The highest BCUT2D eigenvalue weighted by Gasteiger charge is 2.18. The van der Waals surface area contributed by atoms with Crippen molar-refractivity contribution in [1.29, 1.82) is 0 Å². The molecule has 134 valence electrons. The minimum Gasteiger partial charge on any atom is -0.408 e. The van der Waals surface area contributed by atoms with Crippen LogP contribution in [0.25, 0.3) is 11.3 Å². The fourth-order valence-corrected chi connectivity index (χ4v) is 3.07. The first-order valence-corrected chi connectivity index (χ1v) is 8.96. The van der Waals surface area contributed by atoms with Gasteiger partial charge in [-0.1, -0.05) is 59.6 Å². The Morgan fingerprint density at radius 3 is 2.50 bits per heavy atom. The molecule has 0 spiro atoms. The summed E-state index contributed by atoms with van der Waals surface area (Å²) in [6.45, 7) is 3.84. The van der Waals surface area contributed by atoms with Gasteiger partial charge in [-0.15, -0.1) is 0 Å². The lowest BCUT2D eigenvalue weighted by Gasteiger charge is -2.08. The number of aromatic nitrogens is 2. The van der Waals surface area contributed by atoms with E-state index in [9.17, 15) is 4.79 Å². The summed E-state index contributed by atoms with van der Waals surface area (Å²) in [4.78, 5) is 11.5.